The Morgan fingerprint density at radius 2 is 2.28 bits per heavy atom. The van der Waals surface area contributed by atoms with Crippen LogP contribution in [0.25, 0.3) is 0 Å². The minimum atomic E-state index is -0.341. The van der Waals surface area contributed by atoms with Crippen molar-refractivity contribution in [2.75, 3.05) is 6.61 Å². The van der Waals surface area contributed by atoms with Gasteiger partial charge in [0.25, 0.3) is 0 Å². The summed E-state index contributed by atoms with van der Waals surface area (Å²) < 4.78 is 1.85. The third-order valence-corrected chi connectivity index (χ3v) is 3.67. The van der Waals surface area contributed by atoms with E-state index in [1.165, 1.54) is 0 Å². The summed E-state index contributed by atoms with van der Waals surface area (Å²) in [6, 6.07) is 2.00. The molecule has 1 aliphatic carbocycles. The third-order valence-electron chi connectivity index (χ3n) is 3.67. The predicted molar refractivity (Wildman–Crippen MR) is 68.1 cm³/mol. The highest BCUT2D eigenvalue weighted by atomic mass is 16.3. The standard InChI is InChI=1S/C13H21N3O2/c1-10-8-11(2)16(15-10)7-4-12(18)14-13(9-17)5-3-6-13/h8,17H,3-7,9H2,1-2H3,(H,14,18). The maximum Gasteiger partial charge on any atom is 0.222 e. The Morgan fingerprint density at radius 3 is 2.72 bits per heavy atom. The second-order valence-electron chi connectivity index (χ2n) is 5.24. The lowest BCUT2D eigenvalue weighted by molar-refractivity contribution is -0.125. The van der Waals surface area contributed by atoms with Crippen LogP contribution in [0.3, 0.4) is 0 Å². The number of carbonyl (C=O) groups excluding carboxylic acids is 1. The van der Waals surface area contributed by atoms with Gasteiger partial charge in [0.2, 0.25) is 5.91 Å². The molecule has 2 N–H and O–H groups in total. The van der Waals surface area contributed by atoms with E-state index in [2.05, 4.69) is 10.4 Å². The highest BCUT2D eigenvalue weighted by molar-refractivity contribution is 5.76. The molecule has 1 amide bonds. The van der Waals surface area contributed by atoms with Gasteiger partial charge in [0, 0.05) is 18.7 Å². The Balaban J connectivity index is 1.83. The fraction of sp³-hybridized carbons (Fsp3) is 0.692. The zero-order valence-electron chi connectivity index (χ0n) is 11.1. The zero-order valence-corrected chi connectivity index (χ0v) is 11.1. The Morgan fingerprint density at radius 1 is 1.56 bits per heavy atom. The SMILES string of the molecule is Cc1cc(C)n(CCC(=O)NC2(CO)CCC2)n1. The first-order chi connectivity index (χ1) is 8.54. The van der Waals surface area contributed by atoms with Crippen LogP contribution in [-0.4, -0.2) is 32.9 Å². The number of hydrogen-bond acceptors (Lipinski definition) is 3. The molecule has 1 heterocycles. The van der Waals surface area contributed by atoms with Gasteiger partial charge in [-0.25, -0.2) is 0 Å². The molecule has 2 rings (SSSR count). The normalized spacial score (nSPS) is 17.3. The molecule has 1 saturated carbocycles. The number of amides is 1. The summed E-state index contributed by atoms with van der Waals surface area (Å²) in [5.41, 5.74) is 1.70. The summed E-state index contributed by atoms with van der Waals surface area (Å²) in [6.45, 7) is 4.56. The van der Waals surface area contributed by atoms with Crippen molar-refractivity contribution in [1.82, 2.24) is 15.1 Å². The van der Waals surface area contributed by atoms with Crippen molar-refractivity contribution in [2.24, 2.45) is 0 Å². The second-order valence-corrected chi connectivity index (χ2v) is 5.24. The molecule has 0 spiro atoms. The van der Waals surface area contributed by atoms with Gasteiger partial charge in [-0.05, 0) is 39.2 Å². The van der Waals surface area contributed by atoms with Gasteiger partial charge in [-0.15, -0.1) is 0 Å². The van der Waals surface area contributed by atoms with Crippen LogP contribution < -0.4 is 5.32 Å². The van der Waals surface area contributed by atoms with E-state index in [1.54, 1.807) is 0 Å². The van der Waals surface area contributed by atoms with E-state index < -0.39 is 0 Å². The number of nitrogens with zero attached hydrogens (tertiary/aromatic N) is 2. The smallest absolute Gasteiger partial charge is 0.222 e. The summed E-state index contributed by atoms with van der Waals surface area (Å²) >= 11 is 0. The average Bonchev–Trinajstić information content (AvgIpc) is 2.60. The number of carbonyl (C=O) groups is 1. The molecule has 18 heavy (non-hydrogen) atoms. The lowest BCUT2D eigenvalue weighted by atomic mass is 9.77. The minimum absolute atomic E-state index is 0.00342. The summed E-state index contributed by atoms with van der Waals surface area (Å²) in [4.78, 5) is 11.8. The number of aromatic nitrogens is 2. The van der Waals surface area contributed by atoms with Crippen molar-refractivity contribution in [1.29, 1.82) is 0 Å². The molecule has 100 valence electrons. The maximum atomic E-state index is 11.8. The van der Waals surface area contributed by atoms with Gasteiger partial charge in [-0.1, -0.05) is 0 Å². The van der Waals surface area contributed by atoms with Crippen LogP contribution in [0.15, 0.2) is 6.07 Å². The van der Waals surface area contributed by atoms with Gasteiger partial charge in [-0.3, -0.25) is 9.48 Å². The van der Waals surface area contributed by atoms with Crippen LogP contribution in [0.4, 0.5) is 0 Å². The van der Waals surface area contributed by atoms with Crippen LogP contribution >= 0.6 is 0 Å². The number of aliphatic hydroxyl groups excluding tert-OH is 1. The zero-order chi connectivity index (χ0) is 13.2. The van der Waals surface area contributed by atoms with E-state index in [0.717, 1.165) is 30.7 Å². The molecule has 0 aliphatic heterocycles. The summed E-state index contributed by atoms with van der Waals surface area (Å²) in [5.74, 6) is -0.00342. The first-order valence-electron chi connectivity index (χ1n) is 6.48. The molecule has 0 saturated heterocycles. The third kappa shape index (κ3) is 2.72. The van der Waals surface area contributed by atoms with Gasteiger partial charge >= 0.3 is 0 Å². The van der Waals surface area contributed by atoms with Crippen molar-refractivity contribution in [3.63, 3.8) is 0 Å². The molecule has 0 atom stereocenters. The fourth-order valence-electron chi connectivity index (χ4n) is 2.39. The van der Waals surface area contributed by atoms with Gasteiger partial charge in [0.1, 0.15) is 0 Å². The van der Waals surface area contributed by atoms with Crippen LogP contribution in [-0.2, 0) is 11.3 Å². The molecule has 1 aliphatic rings. The number of rotatable bonds is 5. The van der Waals surface area contributed by atoms with E-state index in [1.807, 2.05) is 24.6 Å². The largest absolute Gasteiger partial charge is 0.394 e. The van der Waals surface area contributed by atoms with Crippen LogP contribution in [0.1, 0.15) is 37.1 Å². The van der Waals surface area contributed by atoms with Crippen LogP contribution in [0.5, 0.6) is 0 Å². The minimum Gasteiger partial charge on any atom is -0.394 e. The van der Waals surface area contributed by atoms with Crippen molar-refractivity contribution in [3.8, 4) is 0 Å². The van der Waals surface area contributed by atoms with Crippen LogP contribution in [0.2, 0.25) is 0 Å². The molecule has 5 nitrogen and oxygen atoms in total. The summed E-state index contributed by atoms with van der Waals surface area (Å²) in [6.07, 6.45) is 3.26. The van der Waals surface area contributed by atoms with Crippen molar-refractivity contribution < 1.29 is 9.90 Å². The number of nitrogens with one attached hydrogen (secondary N) is 1. The maximum absolute atomic E-state index is 11.8. The molecule has 0 bridgehead atoms. The van der Waals surface area contributed by atoms with Crippen molar-refractivity contribution in [2.45, 2.75) is 51.6 Å². The van der Waals surface area contributed by atoms with Crippen LogP contribution in [0, 0.1) is 13.8 Å². The molecule has 1 aromatic heterocycles. The van der Waals surface area contributed by atoms with E-state index in [0.29, 0.717) is 13.0 Å². The molecule has 0 aromatic carbocycles. The van der Waals surface area contributed by atoms with E-state index >= 15 is 0 Å². The number of hydrogen-bond donors (Lipinski definition) is 2. The first-order valence-corrected chi connectivity index (χ1v) is 6.48. The van der Waals surface area contributed by atoms with Gasteiger partial charge in [0.05, 0.1) is 17.8 Å². The molecular formula is C13H21N3O2. The second kappa shape index (κ2) is 5.10. The first kappa shape index (κ1) is 13.1. The highest BCUT2D eigenvalue weighted by Crippen LogP contribution is 2.31. The fourth-order valence-corrected chi connectivity index (χ4v) is 2.39. The summed E-state index contributed by atoms with van der Waals surface area (Å²) in [7, 11) is 0. The highest BCUT2D eigenvalue weighted by Gasteiger charge is 2.37. The van der Waals surface area contributed by atoms with Gasteiger partial charge < -0.3 is 10.4 Å². The van der Waals surface area contributed by atoms with E-state index in [4.69, 9.17) is 0 Å². The van der Waals surface area contributed by atoms with Gasteiger partial charge in [0.15, 0.2) is 0 Å². The molecular weight excluding hydrogens is 230 g/mol. The van der Waals surface area contributed by atoms with Gasteiger partial charge in [-0.2, -0.15) is 5.10 Å². The Labute approximate surface area is 107 Å². The lowest BCUT2D eigenvalue weighted by Crippen LogP contribution is -2.56. The molecule has 0 unspecified atom stereocenters. The Bertz CT molecular complexity index is 430. The molecule has 0 radical (unpaired) electrons. The lowest BCUT2D eigenvalue weighted by Gasteiger charge is -2.41. The van der Waals surface area contributed by atoms with E-state index in [9.17, 15) is 9.90 Å². The quantitative estimate of drug-likeness (QED) is 0.817. The van der Waals surface area contributed by atoms with E-state index in [-0.39, 0.29) is 18.1 Å². The molecule has 5 heteroatoms. The monoisotopic (exact) mass is 251 g/mol. The number of aliphatic hydroxyl groups is 1. The average molecular weight is 251 g/mol. The Hall–Kier alpha value is -1.36. The Kier molecular flexibility index (Phi) is 3.71. The predicted octanol–water partition coefficient (Wildman–Crippen LogP) is 0.921. The molecule has 1 fully saturated rings. The number of aryl methyl sites for hydroxylation is 3. The van der Waals surface area contributed by atoms with Crippen molar-refractivity contribution >= 4 is 5.91 Å². The molecule has 1 aromatic rings. The topological polar surface area (TPSA) is 67.2 Å². The summed E-state index contributed by atoms with van der Waals surface area (Å²) in [5, 5.41) is 16.6. The van der Waals surface area contributed by atoms with Crippen molar-refractivity contribution in [3.05, 3.63) is 17.5 Å².